The first-order valence-electron chi connectivity index (χ1n) is 28.0. The summed E-state index contributed by atoms with van der Waals surface area (Å²) in [7, 11) is 0. The molecule has 6 fully saturated rings. The number of aromatic nitrogens is 4. The Morgan fingerprint density at radius 1 is 0.514 bits per heavy atom. The average Bonchev–Trinajstić information content (AvgIpc) is 4.27. The van der Waals surface area contributed by atoms with Gasteiger partial charge >= 0.3 is 0 Å². The molecule has 74 heavy (non-hydrogen) atoms. The molecule has 3 aromatic carbocycles. The van der Waals surface area contributed by atoms with Crippen molar-refractivity contribution in [2.45, 2.75) is 105 Å². The second kappa shape index (κ2) is 19.2. The SMILES string of the molecule is CC12CCC(C1)C(C)(C)C2n1ccc2c(c(-c3ccccc3)c(-c3ccccc3)n2CCN2CCOCC2)c1=O.CC12CCC(C1)C(C)(C)C2n1ccc2c(cc(-c3ccccc3)n2CCN2CCOCC2)c1=O. The minimum absolute atomic E-state index is 0.0958. The molecule has 2 aliphatic heterocycles. The lowest BCUT2D eigenvalue weighted by atomic mass is 9.68. The monoisotopic (exact) mass is 995 g/mol. The van der Waals surface area contributed by atoms with Crippen LogP contribution in [0.3, 0.4) is 0 Å². The molecule has 0 radical (unpaired) electrons. The van der Waals surface area contributed by atoms with Crippen molar-refractivity contribution in [3.8, 4) is 33.6 Å². The molecule has 0 amide bonds. The van der Waals surface area contributed by atoms with Gasteiger partial charge in [0.15, 0.2) is 0 Å². The van der Waals surface area contributed by atoms with Crippen molar-refractivity contribution in [3.05, 3.63) is 142 Å². The van der Waals surface area contributed by atoms with Gasteiger partial charge in [-0.1, -0.05) is 133 Å². The lowest BCUT2D eigenvalue weighted by molar-refractivity contribution is 0.0365. The van der Waals surface area contributed by atoms with Crippen LogP contribution in [0.2, 0.25) is 0 Å². The van der Waals surface area contributed by atoms with Crippen LogP contribution in [0.1, 0.15) is 92.2 Å². The molecule has 388 valence electrons. The Hall–Kier alpha value is -5.52. The average molecular weight is 995 g/mol. The molecule has 2 saturated heterocycles. The van der Waals surface area contributed by atoms with Gasteiger partial charge in [0.1, 0.15) is 0 Å². The number of benzene rings is 3. The maximum Gasteiger partial charge on any atom is 0.260 e. The first kappa shape index (κ1) is 49.4. The summed E-state index contributed by atoms with van der Waals surface area (Å²) >= 11 is 0. The van der Waals surface area contributed by atoms with Crippen LogP contribution in [0.5, 0.6) is 0 Å². The molecule has 6 atom stereocenters. The van der Waals surface area contributed by atoms with Gasteiger partial charge in [0.25, 0.3) is 11.1 Å². The van der Waals surface area contributed by atoms with E-state index in [1.54, 1.807) is 0 Å². The highest BCUT2D eigenvalue weighted by molar-refractivity contribution is 6.04. The third-order valence-electron chi connectivity index (χ3n) is 19.8. The van der Waals surface area contributed by atoms with Gasteiger partial charge in [-0.2, -0.15) is 0 Å². The highest BCUT2D eigenvalue weighted by atomic mass is 16.5. The van der Waals surface area contributed by atoms with E-state index in [4.69, 9.17) is 9.47 Å². The van der Waals surface area contributed by atoms with Crippen molar-refractivity contribution >= 4 is 21.8 Å². The van der Waals surface area contributed by atoms with Crippen LogP contribution in [0.15, 0.2) is 131 Å². The van der Waals surface area contributed by atoms with Gasteiger partial charge in [-0.25, -0.2) is 0 Å². The topological polar surface area (TPSA) is 78.8 Å². The maximum absolute atomic E-state index is 14.8. The van der Waals surface area contributed by atoms with Gasteiger partial charge in [0.2, 0.25) is 0 Å². The first-order chi connectivity index (χ1) is 35.8. The lowest BCUT2D eigenvalue weighted by Gasteiger charge is -2.43. The van der Waals surface area contributed by atoms with Crippen LogP contribution in [-0.4, -0.2) is 93.8 Å². The summed E-state index contributed by atoms with van der Waals surface area (Å²) < 4.78 is 20.2. The molecule has 4 aliphatic carbocycles. The number of hydrogen-bond acceptors (Lipinski definition) is 6. The fraction of sp³-hybridized carbons (Fsp3) is 0.500. The molecule has 0 spiro atoms. The van der Waals surface area contributed by atoms with Gasteiger partial charge < -0.3 is 27.7 Å². The molecule has 6 aliphatic rings. The summed E-state index contributed by atoms with van der Waals surface area (Å²) in [5, 5.41) is 1.71. The van der Waals surface area contributed by atoms with Gasteiger partial charge in [0.05, 0.1) is 53.9 Å². The van der Waals surface area contributed by atoms with E-state index >= 15 is 0 Å². The van der Waals surface area contributed by atoms with E-state index < -0.39 is 0 Å². The zero-order chi connectivity index (χ0) is 51.0. The predicted molar refractivity (Wildman–Crippen MR) is 300 cm³/mol. The summed E-state index contributed by atoms with van der Waals surface area (Å²) in [4.78, 5) is 33.8. The number of hydrogen-bond donors (Lipinski definition) is 0. The molecule has 7 aromatic rings. The smallest absolute Gasteiger partial charge is 0.260 e. The van der Waals surface area contributed by atoms with E-state index in [9.17, 15) is 9.59 Å². The van der Waals surface area contributed by atoms with Crippen molar-refractivity contribution in [3.63, 3.8) is 0 Å². The molecular weight excluding hydrogens is 917 g/mol. The quantitative estimate of drug-likeness (QED) is 0.128. The van der Waals surface area contributed by atoms with Crippen LogP contribution in [0.4, 0.5) is 0 Å². The Bertz CT molecular complexity index is 3260. The van der Waals surface area contributed by atoms with Crippen molar-refractivity contribution < 1.29 is 9.47 Å². The van der Waals surface area contributed by atoms with E-state index in [1.807, 2.05) is 0 Å². The van der Waals surface area contributed by atoms with E-state index in [1.165, 1.54) is 44.1 Å². The molecule has 4 bridgehead atoms. The Kier molecular flexibility index (Phi) is 12.8. The summed E-state index contributed by atoms with van der Waals surface area (Å²) in [6.07, 6.45) is 11.7. The van der Waals surface area contributed by atoms with Crippen LogP contribution < -0.4 is 11.1 Å². The van der Waals surface area contributed by atoms with E-state index in [0.29, 0.717) is 11.8 Å². The highest BCUT2D eigenvalue weighted by Crippen LogP contribution is 2.69. The van der Waals surface area contributed by atoms with Crippen molar-refractivity contribution in [1.29, 1.82) is 0 Å². The number of nitrogens with zero attached hydrogens (tertiary/aromatic N) is 6. The Balaban J connectivity index is 0.000000152. The van der Waals surface area contributed by atoms with Crippen molar-refractivity contribution in [2.75, 3.05) is 65.7 Å². The summed E-state index contributed by atoms with van der Waals surface area (Å²) in [5.74, 6) is 1.39. The lowest BCUT2D eigenvalue weighted by Crippen LogP contribution is -2.41. The predicted octanol–water partition coefficient (Wildman–Crippen LogP) is 12.0. The Morgan fingerprint density at radius 2 is 0.973 bits per heavy atom. The van der Waals surface area contributed by atoms with Gasteiger partial charge in [0, 0.05) is 88.1 Å². The number of ether oxygens (including phenoxy) is 2. The minimum Gasteiger partial charge on any atom is -0.379 e. The summed E-state index contributed by atoms with van der Waals surface area (Å²) in [6.45, 7) is 25.0. The van der Waals surface area contributed by atoms with E-state index in [-0.39, 0.29) is 44.9 Å². The summed E-state index contributed by atoms with van der Waals surface area (Å²) in [6, 6.07) is 38.7. The molecule has 6 heterocycles. The Morgan fingerprint density at radius 3 is 1.47 bits per heavy atom. The molecule has 10 heteroatoms. The van der Waals surface area contributed by atoms with Crippen LogP contribution in [0.25, 0.3) is 55.4 Å². The van der Waals surface area contributed by atoms with Gasteiger partial charge in [-0.15, -0.1) is 0 Å². The van der Waals surface area contributed by atoms with Gasteiger partial charge in [-0.3, -0.25) is 19.4 Å². The second-order valence-corrected chi connectivity index (χ2v) is 24.8. The number of fused-ring (bicyclic) bond motifs is 6. The third kappa shape index (κ3) is 8.38. The second-order valence-electron chi connectivity index (χ2n) is 24.8. The van der Waals surface area contributed by atoms with Crippen LogP contribution in [0, 0.1) is 33.5 Å². The molecule has 4 saturated carbocycles. The van der Waals surface area contributed by atoms with E-state index in [2.05, 4.69) is 191 Å². The first-order valence-corrected chi connectivity index (χ1v) is 28.0. The standard InChI is InChI=1S/C35H41N3O2.C29H37N3O2/c1-34(2)27-14-16-35(3,24-27)33(34)38-17-15-28-30(32(38)39)29(25-10-6-4-7-11-25)31(26-12-8-5-9-13-26)37(28)19-18-36-20-22-40-23-21-36;1-28(2)22-9-11-29(3,20-22)27(28)32-12-10-24-23(26(32)33)19-25(21-7-5-4-6-8-21)31(24)14-13-30-15-17-34-18-16-30/h4-13,15,17,27,33H,14,16,18-24H2,1-3H3;4-8,10,12,19,22,27H,9,11,13-18,20H2,1-3H3. The van der Waals surface area contributed by atoms with Crippen molar-refractivity contribution in [1.82, 2.24) is 28.1 Å². The number of rotatable bonds is 11. The normalized spacial score (nSPS) is 27.3. The molecule has 13 rings (SSSR count). The summed E-state index contributed by atoms with van der Waals surface area (Å²) in [5.41, 5.74) is 9.81. The molecule has 4 aromatic heterocycles. The molecule has 6 unspecified atom stereocenters. The van der Waals surface area contributed by atoms with Gasteiger partial charge in [-0.05, 0) is 107 Å². The number of morpholine rings is 2. The molecule has 0 N–H and O–H groups in total. The van der Waals surface area contributed by atoms with Crippen LogP contribution >= 0.6 is 0 Å². The van der Waals surface area contributed by atoms with Crippen molar-refractivity contribution in [2.24, 2.45) is 33.5 Å². The zero-order valence-corrected chi connectivity index (χ0v) is 44.9. The zero-order valence-electron chi connectivity index (χ0n) is 44.9. The van der Waals surface area contributed by atoms with Crippen LogP contribution in [-0.2, 0) is 22.6 Å². The molecule has 10 nitrogen and oxygen atoms in total. The Labute approximate surface area is 437 Å². The minimum atomic E-state index is 0.0958. The van der Waals surface area contributed by atoms with E-state index in [0.717, 1.165) is 129 Å². The maximum atomic E-state index is 14.8. The number of pyridine rings is 2. The molecular formula is C64H78N6O4. The third-order valence-corrected chi connectivity index (χ3v) is 19.8. The highest BCUT2D eigenvalue weighted by Gasteiger charge is 2.61. The largest absolute Gasteiger partial charge is 0.379 e. The fourth-order valence-corrected chi connectivity index (χ4v) is 16.2. The fourth-order valence-electron chi connectivity index (χ4n) is 16.2.